The lowest BCUT2D eigenvalue weighted by Gasteiger charge is -2.14. The molecule has 5 nitrogen and oxygen atoms in total. The minimum absolute atomic E-state index is 0.172. The normalized spacial score (nSPS) is 16.9. The maximum Gasteiger partial charge on any atom is 0.342 e. The molecule has 0 saturated carbocycles. The summed E-state index contributed by atoms with van der Waals surface area (Å²) in [5, 5.41) is 17.1. The van der Waals surface area contributed by atoms with Crippen LogP contribution < -0.4 is 3.73 Å². The number of carboxylic acid groups (broad SMARTS) is 1. The first-order chi connectivity index (χ1) is 7.13. The van der Waals surface area contributed by atoms with E-state index in [1.807, 2.05) is 0 Å². The van der Waals surface area contributed by atoms with Gasteiger partial charge in [-0.1, -0.05) is 12.1 Å². The highest BCUT2D eigenvalue weighted by Gasteiger charge is 2.35. The van der Waals surface area contributed by atoms with E-state index in [1.54, 1.807) is 18.2 Å². The zero-order valence-corrected chi connectivity index (χ0v) is 9.13. The van der Waals surface area contributed by atoms with Crippen LogP contribution in [0.25, 0.3) is 0 Å². The maximum atomic E-state index is 11.0. The summed E-state index contributed by atoms with van der Waals surface area (Å²) in [6, 6.07) is 6.59. The first-order valence-corrected chi connectivity index (χ1v) is 4.86. The van der Waals surface area contributed by atoms with E-state index in [4.69, 9.17) is 5.11 Å². The van der Waals surface area contributed by atoms with Gasteiger partial charge in [0.2, 0.25) is 5.69 Å². The Kier molecular flexibility index (Phi) is 2.37. The van der Waals surface area contributed by atoms with Gasteiger partial charge in [0.25, 0.3) is 16.1 Å². The number of halogens is 1. The van der Waals surface area contributed by atoms with Gasteiger partial charge >= 0.3 is 5.97 Å². The monoisotopic (exact) mass is 268 g/mol. The molecule has 0 atom stereocenters. The molecule has 0 spiro atoms. The van der Waals surface area contributed by atoms with Gasteiger partial charge in [-0.3, -0.25) is 0 Å². The Labute approximate surface area is 94.3 Å². The van der Waals surface area contributed by atoms with Crippen molar-refractivity contribution in [2.45, 2.75) is 0 Å². The molecule has 0 aromatic heterocycles. The van der Waals surface area contributed by atoms with E-state index >= 15 is 0 Å². The number of hydrogen-bond donors (Lipinski definition) is 1. The number of quaternary nitrogens is 1. The third kappa shape index (κ3) is 1.69. The molecule has 0 aliphatic carbocycles. The Hall–Kier alpha value is -1.53. The summed E-state index contributed by atoms with van der Waals surface area (Å²) >= 11 is 3.25. The standard InChI is InChI=1S/C9H6BrN3O2/c10-13(11-5-6-12-13)8-4-2-1-3-7(8)9(14)15/h1-6H/p+1. The van der Waals surface area contributed by atoms with Crippen LogP contribution in [0.4, 0.5) is 5.69 Å². The summed E-state index contributed by atoms with van der Waals surface area (Å²) in [4.78, 5) is 11.0. The number of carboxylic acids is 1. The van der Waals surface area contributed by atoms with Gasteiger partial charge in [-0.05, 0) is 16.3 Å². The van der Waals surface area contributed by atoms with Crippen LogP contribution in [-0.2, 0) is 0 Å². The van der Waals surface area contributed by atoms with Gasteiger partial charge in [0.15, 0.2) is 0 Å². The van der Waals surface area contributed by atoms with Gasteiger partial charge in [-0.2, -0.15) is 0 Å². The third-order valence-corrected chi connectivity index (χ3v) is 2.70. The highest BCUT2D eigenvalue weighted by atomic mass is 79.9. The van der Waals surface area contributed by atoms with Crippen molar-refractivity contribution < 1.29 is 9.90 Å². The number of benzene rings is 1. The van der Waals surface area contributed by atoms with Crippen LogP contribution in [0.1, 0.15) is 10.4 Å². The molecule has 1 aliphatic rings. The highest BCUT2D eigenvalue weighted by Crippen LogP contribution is 2.34. The predicted molar refractivity (Wildman–Crippen MR) is 61.1 cm³/mol. The summed E-state index contributed by atoms with van der Waals surface area (Å²) in [5.41, 5.74) is 0.639. The molecule has 0 saturated heterocycles. The van der Waals surface area contributed by atoms with Crippen molar-refractivity contribution >= 4 is 40.2 Å². The van der Waals surface area contributed by atoms with E-state index in [1.165, 1.54) is 18.5 Å². The van der Waals surface area contributed by atoms with E-state index in [-0.39, 0.29) is 9.29 Å². The van der Waals surface area contributed by atoms with Gasteiger partial charge in [-0.15, -0.1) is 0 Å². The van der Waals surface area contributed by atoms with Crippen molar-refractivity contribution in [3.05, 3.63) is 29.8 Å². The topological polar surface area (TPSA) is 62.0 Å². The molecule has 1 aromatic rings. The molecule has 0 unspecified atom stereocenters. The van der Waals surface area contributed by atoms with Crippen LogP contribution in [-0.4, -0.2) is 23.5 Å². The second-order valence-electron chi connectivity index (χ2n) is 2.88. The molecule has 0 amide bonds. The quantitative estimate of drug-likeness (QED) is 0.834. The van der Waals surface area contributed by atoms with Gasteiger partial charge in [0, 0.05) is 9.79 Å². The molecule has 1 aliphatic heterocycles. The van der Waals surface area contributed by atoms with Crippen LogP contribution in [0, 0.1) is 0 Å². The lowest BCUT2D eigenvalue weighted by atomic mass is 10.2. The van der Waals surface area contributed by atoms with E-state index in [0.717, 1.165) is 0 Å². The highest BCUT2D eigenvalue weighted by molar-refractivity contribution is 9.08. The SMILES string of the molecule is O=C(O)c1ccccc1[N+]1(Br)N=CC=N1. The Morgan fingerprint density at radius 2 is 1.87 bits per heavy atom. The van der Waals surface area contributed by atoms with Crippen LogP contribution in [0.5, 0.6) is 0 Å². The fraction of sp³-hybridized carbons (Fsp3) is 0. The van der Waals surface area contributed by atoms with Crippen molar-refractivity contribution in [2.75, 3.05) is 0 Å². The van der Waals surface area contributed by atoms with Gasteiger partial charge < -0.3 is 5.11 Å². The van der Waals surface area contributed by atoms with Crippen LogP contribution >= 0.6 is 16.1 Å². The minimum Gasteiger partial charge on any atom is -0.477 e. The molecule has 15 heavy (non-hydrogen) atoms. The lowest BCUT2D eigenvalue weighted by Crippen LogP contribution is -2.24. The van der Waals surface area contributed by atoms with Crippen LogP contribution in [0.2, 0.25) is 0 Å². The van der Waals surface area contributed by atoms with E-state index in [9.17, 15) is 4.79 Å². The first-order valence-electron chi connectivity index (χ1n) is 4.15. The molecule has 0 bridgehead atoms. The molecule has 0 fully saturated rings. The Morgan fingerprint density at radius 3 is 2.47 bits per heavy atom. The average Bonchev–Trinajstić information content (AvgIpc) is 2.66. The zero-order valence-electron chi connectivity index (χ0n) is 7.54. The summed E-state index contributed by atoms with van der Waals surface area (Å²) in [6.45, 7) is 0. The summed E-state index contributed by atoms with van der Waals surface area (Å²) in [5.74, 6) is -1.00. The molecular formula is C9H7BrN3O2+. The van der Waals surface area contributed by atoms with Crippen molar-refractivity contribution in [1.82, 2.24) is 3.73 Å². The number of rotatable bonds is 2. The smallest absolute Gasteiger partial charge is 0.342 e. The first kappa shape index (κ1) is 10.0. The zero-order chi connectivity index (χ0) is 10.9. The Balaban J connectivity index is 2.57. The molecule has 76 valence electrons. The third-order valence-electron chi connectivity index (χ3n) is 1.95. The largest absolute Gasteiger partial charge is 0.477 e. The average molecular weight is 269 g/mol. The summed E-state index contributed by atoms with van der Waals surface area (Å²) < 4.78 is -0.282. The Bertz CT molecular complexity index is 458. The molecular weight excluding hydrogens is 262 g/mol. The van der Waals surface area contributed by atoms with Crippen LogP contribution in [0.3, 0.4) is 0 Å². The number of aromatic carboxylic acids is 1. The minimum atomic E-state index is -1.00. The molecule has 1 heterocycles. The van der Waals surface area contributed by atoms with Crippen LogP contribution in [0.15, 0.2) is 34.5 Å². The molecule has 1 aromatic carbocycles. The van der Waals surface area contributed by atoms with E-state index in [0.29, 0.717) is 5.69 Å². The van der Waals surface area contributed by atoms with Crippen molar-refractivity contribution in [2.24, 2.45) is 10.2 Å². The second-order valence-corrected chi connectivity index (χ2v) is 3.87. The van der Waals surface area contributed by atoms with Gasteiger partial charge in [0.1, 0.15) is 18.0 Å². The summed E-state index contributed by atoms with van der Waals surface area (Å²) in [6.07, 6.45) is 3.01. The van der Waals surface area contributed by atoms with Crippen molar-refractivity contribution in [1.29, 1.82) is 0 Å². The maximum absolute atomic E-state index is 11.0. The van der Waals surface area contributed by atoms with Crippen molar-refractivity contribution in [3.8, 4) is 0 Å². The van der Waals surface area contributed by atoms with E-state index < -0.39 is 5.97 Å². The number of hydrogen-bond acceptors (Lipinski definition) is 3. The Morgan fingerprint density at radius 1 is 1.27 bits per heavy atom. The number of carbonyl (C=O) groups is 1. The van der Waals surface area contributed by atoms with Gasteiger partial charge in [0.05, 0.1) is 0 Å². The van der Waals surface area contributed by atoms with E-state index in [2.05, 4.69) is 26.4 Å². The fourth-order valence-corrected chi connectivity index (χ4v) is 1.81. The second kappa shape index (κ2) is 3.56. The molecule has 6 heteroatoms. The number of nitrogens with zero attached hydrogens (tertiary/aromatic N) is 3. The predicted octanol–water partition coefficient (Wildman–Crippen LogP) is 1.99. The molecule has 2 rings (SSSR count). The molecule has 1 N–H and O–H groups in total. The summed E-state index contributed by atoms with van der Waals surface area (Å²) in [7, 11) is 0. The van der Waals surface area contributed by atoms with Gasteiger partial charge in [-0.25, -0.2) is 4.79 Å². The molecule has 0 radical (unpaired) electrons. The fourth-order valence-electron chi connectivity index (χ4n) is 1.29. The van der Waals surface area contributed by atoms with Crippen molar-refractivity contribution in [3.63, 3.8) is 0 Å². The lowest BCUT2D eigenvalue weighted by molar-refractivity contribution is 0.0696.